The molecule has 0 saturated heterocycles. The van der Waals surface area contributed by atoms with Crippen molar-refractivity contribution in [2.24, 2.45) is 5.10 Å². The maximum absolute atomic E-state index is 12.7. The third kappa shape index (κ3) is 2.58. The Kier molecular flexibility index (Phi) is 3.85. The number of ether oxygens (including phenoxy) is 1. The predicted octanol–water partition coefficient (Wildman–Crippen LogP) is 2.72. The summed E-state index contributed by atoms with van der Waals surface area (Å²) < 4.78 is 5.96. The van der Waals surface area contributed by atoms with Gasteiger partial charge >= 0.3 is 11.2 Å². The van der Waals surface area contributed by atoms with Gasteiger partial charge in [0.2, 0.25) is 0 Å². The van der Waals surface area contributed by atoms with E-state index in [9.17, 15) is 9.59 Å². The van der Waals surface area contributed by atoms with Crippen molar-refractivity contribution in [1.82, 2.24) is 14.6 Å². The molecule has 0 amide bonds. The van der Waals surface area contributed by atoms with Crippen molar-refractivity contribution in [1.29, 1.82) is 0 Å². The second-order valence-electron chi connectivity index (χ2n) is 5.60. The van der Waals surface area contributed by atoms with Crippen molar-refractivity contribution in [3.05, 3.63) is 73.9 Å². The fourth-order valence-corrected chi connectivity index (χ4v) is 2.94. The van der Waals surface area contributed by atoms with E-state index in [0.29, 0.717) is 32.8 Å². The highest BCUT2D eigenvalue weighted by Crippen LogP contribution is 2.25. The first kappa shape index (κ1) is 16.2. The van der Waals surface area contributed by atoms with Crippen LogP contribution in [0.1, 0.15) is 5.56 Å². The molecule has 0 atom stereocenters. The molecule has 4 aromatic rings. The van der Waals surface area contributed by atoms with E-state index in [2.05, 4.69) is 15.1 Å². The first-order chi connectivity index (χ1) is 12.6. The minimum Gasteiger partial charge on any atom is -0.497 e. The van der Waals surface area contributed by atoms with Gasteiger partial charge in [0.15, 0.2) is 0 Å². The molecule has 2 heterocycles. The van der Waals surface area contributed by atoms with Gasteiger partial charge in [0.25, 0.3) is 0 Å². The van der Waals surface area contributed by atoms with E-state index >= 15 is 0 Å². The van der Waals surface area contributed by atoms with Crippen molar-refractivity contribution in [3.63, 3.8) is 0 Å². The summed E-state index contributed by atoms with van der Waals surface area (Å²) in [7, 11) is 1.55. The number of rotatable bonds is 3. The molecule has 2 aromatic heterocycles. The summed E-state index contributed by atoms with van der Waals surface area (Å²) in [6.45, 7) is 0. The monoisotopic (exact) mass is 368 g/mol. The summed E-state index contributed by atoms with van der Waals surface area (Å²) in [5.74, 6) is 0.625. The van der Waals surface area contributed by atoms with Crippen molar-refractivity contribution < 1.29 is 4.74 Å². The van der Waals surface area contributed by atoms with Crippen LogP contribution in [0, 0.1) is 0 Å². The zero-order chi connectivity index (χ0) is 18.3. The lowest BCUT2D eigenvalue weighted by Gasteiger charge is -2.00. The summed E-state index contributed by atoms with van der Waals surface area (Å²) in [4.78, 5) is 30.8. The van der Waals surface area contributed by atoms with Gasteiger partial charge in [0, 0.05) is 21.5 Å². The first-order valence-electron chi connectivity index (χ1n) is 7.72. The Morgan fingerprint density at radius 1 is 1.12 bits per heavy atom. The van der Waals surface area contributed by atoms with Gasteiger partial charge in [-0.3, -0.25) is 4.79 Å². The van der Waals surface area contributed by atoms with E-state index in [4.69, 9.17) is 16.3 Å². The van der Waals surface area contributed by atoms with Gasteiger partial charge in [0.1, 0.15) is 11.3 Å². The number of aromatic nitrogens is 3. The molecule has 0 spiro atoms. The van der Waals surface area contributed by atoms with Crippen molar-refractivity contribution in [3.8, 4) is 5.75 Å². The smallest absolute Gasteiger partial charge is 0.350 e. The molecule has 0 radical (unpaired) electrons. The van der Waals surface area contributed by atoms with Crippen LogP contribution in [-0.2, 0) is 0 Å². The molecule has 2 aromatic carbocycles. The Morgan fingerprint density at radius 2 is 1.92 bits per heavy atom. The van der Waals surface area contributed by atoms with E-state index in [1.165, 1.54) is 6.21 Å². The molecule has 0 aliphatic rings. The molecule has 8 heteroatoms. The first-order valence-corrected chi connectivity index (χ1v) is 8.10. The minimum atomic E-state index is -0.644. The SMILES string of the molecule is COc1ccc2[nH]c3c(=O)n(/N=C\c4ccccc4Cl)c(=O)[nH]c3c2c1. The van der Waals surface area contributed by atoms with Crippen LogP contribution in [-0.4, -0.2) is 28.0 Å². The molecular weight excluding hydrogens is 356 g/mol. The average molecular weight is 369 g/mol. The number of nitrogens with zero attached hydrogens (tertiary/aromatic N) is 2. The molecule has 26 heavy (non-hydrogen) atoms. The van der Waals surface area contributed by atoms with Crippen LogP contribution in [0.15, 0.2) is 57.2 Å². The molecule has 0 saturated carbocycles. The molecule has 0 aliphatic heterocycles. The summed E-state index contributed by atoms with van der Waals surface area (Å²) in [6, 6.07) is 12.3. The third-order valence-electron chi connectivity index (χ3n) is 4.05. The topological polar surface area (TPSA) is 92.2 Å². The largest absolute Gasteiger partial charge is 0.497 e. The van der Waals surface area contributed by atoms with Crippen LogP contribution < -0.4 is 16.0 Å². The average Bonchev–Trinajstić information content (AvgIpc) is 3.01. The molecule has 0 fully saturated rings. The fourth-order valence-electron chi connectivity index (χ4n) is 2.75. The summed E-state index contributed by atoms with van der Waals surface area (Å²) in [5, 5.41) is 5.16. The normalized spacial score (nSPS) is 11.6. The van der Waals surface area contributed by atoms with Gasteiger partial charge in [-0.2, -0.15) is 5.10 Å². The highest BCUT2D eigenvalue weighted by Gasteiger charge is 2.13. The van der Waals surface area contributed by atoms with Crippen molar-refractivity contribution in [2.45, 2.75) is 0 Å². The maximum atomic E-state index is 12.7. The Hall–Kier alpha value is -3.32. The van der Waals surface area contributed by atoms with Gasteiger partial charge in [-0.25, -0.2) is 4.79 Å². The van der Waals surface area contributed by atoms with Gasteiger partial charge < -0.3 is 14.7 Å². The second-order valence-corrected chi connectivity index (χ2v) is 6.01. The van der Waals surface area contributed by atoms with Crippen molar-refractivity contribution >= 4 is 39.8 Å². The Labute approximate surface area is 151 Å². The number of nitrogens with one attached hydrogen (secondary N) is 2. The second kappa shape index (κ2) is 6.20. The van der Waals surface area contributed by atoms with E-state index in [1.807, 2.05) is 0 Å². The number of benzene rings is 2. The molecular formula is C18H13ClN4O3. The molecule has 0 aliphatic carbocycles. The lowest BCUT2D eigenvalue weighted by molar-refractivity contribution is 0.415. The van der Waals surface area contributed by atoms with Gasteiger partial charge in [0.05, 0.1) is 18.8 Å². The maximum Gasteiger partial charge on any atom is 0.350 e. The number of hydrogen-bond acceptors (Lipinski definition) is 4. The van der Waals surface area contributed by atoms with Gasteiger partial charge in [-0.15, -0.1) is 4.68 Å². The number of hydrogen-bond donors (Lipinski definition) is 2. The Bertz CT molecular complexity index is 1280. The van der Waals surface area contributed by atoms with Crippen LogP contribution in [0.4, 0.5) is 0 Å². The van der Waals surface area contributed by atoms with Crippen molar-refractivity contribution in [2.75, 3.05) is 7.11 Å². The standard InChI is InChI=1S/C18H13ClN4O3/c1-26-11-6-7-14-12(8-11)15-16(21-14)17(24)23(18(25)22-15)20-9-10-4-2-3-5-13(10)19/h2-9,21H,1H3,(H,22,25)/b20-9-. The Balaban J connectivity index is 1.92. The fraction of sp³-hybridized carbons (Fsp3) is 0.0556. The molecule has 2 N–H and O–H groups in total. The quantitative estimate of drug-likeness (QED) is 0.544. The molecule has 130 valence electrons. The highest BCUT2D eigenvalue weighted by molar-refractivity contribution is 6.33. The molecule has 0 bridgehead atoms. The minimum absolute atomic E-state index is 0.254. The summed E-state index contributed by atoms with van der Waals surface area (Å²) in [6.07, 6.45) is 1.37. The highest BCUT2D eigenvalue weighted by atomic mass is 35.5. The van der Waals surface area contributed by atoms with Crippen LogP contribution in [0.5, 0.6) is 5.75 Å². The Morgan fingerprint density at radius 3 is 2.69 bits per heavy atom. The zero-order valence-electron chi connectivity index (χ0n) is 13.6. The van der Waals surface area contributed by atoms with E-state index in [1.54, 1.807) is 49.6 Å². The summed E-state index contributed by atoms with van der Waals surface area (Å²) >= 11 is 6.06. The number of fused-ring (bicyclic) bond motifs is 3. The number of aromatic amines is 2. The van der Waals surface area contributed by atoms with Gasteiger partial charge in [-0.1, -0.05) is 29.8 Å². The molecule has 0 unspecified atom stereocenters. The van der Waals surface area contributed by atoms with E-state index in [0.717, 1.165) is 4.68 Å². The lowest BCUT2D eigenvalue weighted by atomic mass is 10.2. The zero-order valence-corrected chi connectivity index (χ0v) is 14.4. The van der Waals surface area contributed by atoms with E-state index < -0.39 is 11.2 Å². The van der Waals surface area contributed by atoms with Crippen LogP contribution in [0.25, 0.3) is 21.9 Å². The third-order valence-corrected chi connectivity index (χ3v) is 4.40. The number of halogens is 1. The lowest BCUT2D eigenvalue weighted by Crippen LogP contribution is -2.32. The van der Waals surface area contributed by atoms with E-state index in [-0.39, 0.29) is 5.52 Å². The molecule has 4 rings (SSSR count). The number of H-pyrrole nitrogens is 2. The van der Waals surface area contributed by atoms with Crippen LogP contribution in [0.3, 0.4) is 0 Å². The molecule has 7 nitrogen and oxygen atoms in total. The summed E-state index contributed by atoms with van der Waals surface area (Å²) in [5.41, 5.74) is 0.780. The van der Waals surface area contributed by atoms with Crippen LogP contribution in [0.2, 0.25) is 5.02 Å². The van der Waals surface area contributed by atoms with Gasteiger partial charge in [-0.05, 0) is 24.3 Å². The van der Waals surface area contributed by atoms with Crippen LogP contribution >= 0.6 is 11.6 Å². The predicted molar refractivity (Wildman–Crippen MR) is 102 cm³/mol. The number of methoxy groups -OCH3 is 1.